The van der Waals surface area contributed by atoms with E-state index in [0.717, 1.165) is 0 Å². The second kappa shape index (κ2) is 7.20. The molecule has 1 aromatic rings. The van der Waals surface area contributed by atoms with E-state index in [0.29, 0.717) is 6.42 Å². The highest BCUT2D eigenvalue weighted by atomic mass is 35.5. The molecular formula is C14H16ClFN2O2. The van der Waals surface area contributed by atoms with Crippen molar-refractivity contribution in [1.29, 1.82) is 5.26 Å². The molecule has 108 valence electrons. The van der Waals surface area contributed by atoms with E-state index in [-0.39, 0.29) is 23.6 Å². The van der Waals surface area contributed by atoms with Crippen molar-refractivity contribution in [3.63, 3.8) is 0 Å². The largest absolute Gasteiger partial charge is 0.431 e. The number of hydrogen-bond donors (Lipinski definition) is 0. The van der Waals surface area contributed by atoms with E-state index in [9.17, 15) is 14.4 Å². The number of pyridine rings is 1. The molecule has 0 amide bonds. The van der Waals surface area contributed by atoms with Crippen LogP contribution in [0.5, 0.6) is 0 Å². The molecule has 0 bridgehead atoms. The van der Waals surface area contributed by atoms with Gasteiger partial charge in [0.2, 0.25) is 6.36 Å². The minimum atomic E-state index is -1.64. The second-order valence-corrected chi connectivity index (χ2v) is 5.05. The van der Waals surface area contributed by atoms with Crippen LogP contribution in [0, 0.1) is 11.3 Å². The Hall–Kier alpha value is -1.67. The van der Waals surface area contributed by atoms with Gasteiger partial charge in [0, 0.05) is 12.6 Å². The molecule has 4 nitrogen and oxygen atoms in total. The first-order chi connectivity index (χ1) is 9.42. The van der Waals surface area contributed by atoms with E-state index < -0.39 is 17.7 Å². The average Bonchev–Trinajstić information content (AvgIpc) is 2.38. The number of nitriles is 1. The zero-order valence-corrected chi connectivity index (χ0v) is 12.2. The van der Waals surface area contributed by atoms with Gasteiger partial charge in [-0.1, -0.05) is 18.5 Å². The number of carbonyl (C=O) groups excluding carboxylic acids is 1. The summed E-state index contributed by atoms with van der Waals surface area (Å²) in [6.07, 6.45) is 0.242. The molecule has 0 saturated carbocycles. The monoisotopic (exact) mass is 298 g/mol. The lowest BCUT2D eigenvalue weighted by Gasteiger charge is -2.21. The van der Waals surface area contributed by atoms with Gasteiger partial charge in [-0.15, -0.1) is 0 Å². The number of ether oxygens (including phenoxy) is 1. The second-order valence-electron chi connectivity index (χ2n) is 4.64. The van der Waals surface area contributed by atoms with Crippen molar-refractivity contribution in [2.75, 3.05) is 0 Å². The Balaban J connectivity index is 2.84. The van der Waals surface area contributed by atoms with Crippen LogP contribution >= 0.6 is 11.6 Å². The maximum Gasteiger partial charge on any atom is 0.310 e. The first-order valence-electron chi connectivity index (χ1n) is 6.28. The molecule has 0 saturated heterocycles. The van der Waals surface area contributed by atoms with E-state index in [1.807, 2.05) is 6.07 Å². The molecular weight excluding hydrogens is 283 g/mol. The Morgan fingerprint density at radius 3 is 2.95 bits per heavy atom. The minimum absolute atomic E-state index is 0.138. The van der Waals surface area contributed by atoms with Crippen LogP contribution in [-0.2, 0) is 14.9 Å². The molecule has 2 atom stereocenters. The summed E-state index contributed by atoms with van der Waals surface area (Å²) in [4.78, 5) is 15.7. The normalized spacial score (nSPS) is 14.9. The SMILES string of the molecule is CCCC(F)OC(=O)CC(C)(C#N)c1ncccc1Cl. The van der Waals surface area contributed by atoms with Gasteiger partial charge in [-0.2, -0.15) is 5.26 Å². The van der Waals surface area contributed by atoms with Gasteiger partial charge in [-0.05, 0) is 25.5 Å². The van der Waals surface area contributed by atoms with Crippen molar-refractivity contribution in [2.24, 2.45) is 0 Å². The van der Waals surface area contributed by atoms with Crippen LogP contribution in [0.2, 0.25) is 5.02 Å². The van der Waals surface area contributed by atoms with Gasteiger partial charge in [0.15, 0.2) is 0 Å². The highest BCUT2D eigenvalue weighted by Crippen LogP contribution is 2.31. The first kappa shape index (κ1) is 16.4. The average molecular weight is 299 g/mol. The van der Waals surface area contributed by atoms with Gasteiger partial charge in [-0.25, -0.2) is 4.39 Å². The van der Waals surface area contributed by atoms with Gasteiger partial charge in [0.1, 0.15) is 5.41 Å². The van der Waals surface area contributed by atoms with Crippen molar-refractivity contribution < 1.29 is 13.9 Å². The number of esters is 1. The Bertz CT molecular complexity index is 518. The molecule has 1 heterocycles. The van der Waals surface area contributed by atoms with Crippen LogP contribution in [0.15, 0.2) is 18.3 Å². The zero-order chi connectivity index (χ0) is 15.2. The summed E-state index contributed by atoms with van der Waals surface area (Å²) in [6, 6.07) is 5.21. The summed E-state index contributed by atoms with van der Waals surface area (Å²) >= 11 is 5.99. The van der Waals surface area contributed by atoms with Gasteiger partial charge >= 0.3 is 5.97 Å². The first-order valence-corrected chi connectivity index (χ1v) is 6.66. The topological polar surface area (TPSA) is 63.0 Å². The summed E-state index contributed by atoms with van der Waals surface area (Å²) < 4.78 is 17.9. The Labute approximate surface area is 122 Å². The van der Waals surface area contributed by atoms with Crippen molar-refractivity contribution in [1.82, 2.24) is 4.98 Å². The molecule has 0 fully saturated rings. The molecule has 2 unspecified atom stereocenters. The maximum atomic E-state index is 13.2. The molecule has 0 aliphatic heterocycles. The predicted molar refractivity (Wildman–Crippen MR) is 72.7 cm³/mol. The number of hydrogen-bond acceptors (Lipinski definition) is 4. The fourth-order valence-electron chi connectivity index (χ4n) is 1.73. The summed E-state index contributed by atoms with van der Waals surface area (Å²) in [6.45, 7) is 3.31. The molecule has 0 aliphatic rings. The molecule has 0 aliphatic carbocycles. The smallest absolute Gasteiger partial charge is 0.310 e. The fraction of sp³-hybridized carbons (Fsp3) is 0.500. The van der Waals surface area contributed by atoms with Crippen LogP contribution in [0.1, 0.15) is 38.8 Å². The van der Waals surface area contributed by atoms with Crippen LogP contribution in [0.3, 0.4) is 0 Å². The zero-order valence-electron chi connectivity index (χ0n) is 11.4. The summed E-state index contributed by atoms with van der Waals surface area (Å²) in [5.41, 5.74) is -0.964. The Kier molecular flexibility index (Phi) is 5.90. The molecule has 0 aromatic carbocycles. The van der Waals surface area contributed by atoms with Crippen molar-refractivity contribution in [3.8, 4) is 6.07 Å². The number of rotatable bonds is 6. The third-order valence-electron chi connectivity index (χ3n) is 2.80. The van der Waals surface area contributed by atoms with E-state index in [1.165, 1.54) is 13.1 Å². The van der Waals surface area contributed by atoms with E-state index in [2.05, 4.69) is 9.72 Å². The molecule has 6 heteroatoms. The maximum absolute atomic E-state index is 13.2. The molecule has 0 radical (unpaired) electrons. The van der Waals surface area contributed by atoms with Gasteiger partial charge in [0.05, 0.1) is 23.2 Å². The predicted octanol–water partition coefficient (Wildman–Crippen LogP) is 3.55. The quantitative estimate of drug-likeness (QED) is 0.754. The lowest BCUT2D eigenvalue weighted by Crippen LogP contribution is -2.28. The number of alkyl halides is 1. The Morgan fingerprint density at radius 1 is 1.70 bits per heavy atom. The molecule has 1 rings (SSSR count). The molecule has 20 heavy (non-hydrogen) atoms. The van der Waals surface area contributed by atoms with Crippen LogP contribution < -0.4 is 0 Å². The lowest BCUT2D eigenvalue weighted by atomic mass is 9.84. The fourth-order valence-corrected chi connectivity index (χ4v) is 2.06. The number of nitrogens with zero attached hydrogens (tertiary/aromatic N) is 2. The third kappa shape index (κ3) is 4.17. The van der Waals surface area contributed by atoms with Crippen molar-refractivity contribution in [2.45, 2.75) is 44.9 Å². The minimum Gasteiger partial charge on any atom is -0.431 e. The van der Waals surface area contributed by atoms with Crippen LogP contribution in [0.4, 0.5) is 4.39 Å². The van der Waals surface area contributed by atoms with Gasteiger partial charge in [0.25, 0.3) is 0 Å². The highest BCUT2D eigenvalue weighted by molar-refractivity contribution is 6.31. The van der Waals surface area contributed by atoms with Crippen LogP contribution in [-0.4, -0.2) is 17.3 Å². The van der Waals surface area contributed by atoms with Crippen LogP contribution in [0.25, 0.3) is 0 Å². The molecule has 0 spiro atoms. The number of carbonyl (C=O) groups is 1. The number of aromatic nitrogens is 1. The Morgan fingerprint density at radius 2 is 2.40 bits per heavy atom. The summed E-state index contributed by atoms with van der Waals surface area (Å²) in [7, 11) is 0. The van der Waals surface area contributed by atoms with Crippen molar-refractivity contribution >= 4 is 17.6 Å². The molecule has 1 aromatic heterocycles. The van der Waals surface area contributed by atoms with E-state index in [4.69, 9.17) is 11.6 Å². The van der Waals surface area contributed by atoms with E-state index >= 15 is 0 Å². The highest BCUT2D eigenvalue weighted by Gasteiger charge is 2.34. The summed E-state index contributed by atoms with van der Waals surface area (Å²) in [5.74, 6) is -0.781. The van der Waals surface area contributed by atoms with E-state index in [1.54, 1.807) is 19.1 Å². The van der Waals surface area contributed by atoms with Gasteiger partial charge < -0.3 is 4.74 Å². The van der Waals surface area contributed by atoms with Crippen molar-refractivity contribution in [3.05, 3.63) is 29.0 Å². The van der Waals surface area contributed by atoms with Gasteiger partial charge in [-0.3, -0.25) is 9.78 Å². The third-order valence-corrected chi connectivity index (χ3v) is 3.11. The number of halogens is 2. The summed E-state index contributed by atoms with van der Waals surface area (Å²) in [5, 5.41) is 9.59. The lowest BCUT2D eigenvalue weighted by molar-refractivity contribution is -0.159. The molecule has 0 N–H and O–H groups in total. The standard InChI is InChI=1S/C14H16ClFN2O2/c1-3-5-11(16)20-12(19)8-14(2,9-17)13-10(15)6-4-7-18-13/h4,6-7,11H,3,5,8H2,1-2H3.